The number of aromatic nitrogens is 2. The molecule has 1 spiro atoms. The summed E-state index contributed by atoms with van der Waals surface area (Å²) >= 11 is 0. The molecule has 178 valence electrons. The Balaban J connectivity index is 1.05. The molecule has 0 aliphatic carbocycles. The van der Waals surface area contributed by atoms with Crippen LogP contribution in [0.5, 0.6) is 5.75 Å². The molecule has 0 radical (unpaired) electrons. The fourth-order valence-corrected chi connectivity index (χ4v) is 6.17. The summed E-state index contributed by atoms with van der Waals surface area (Å²) in [6.45, 7) is 9.28. The number of para-hydroxylation sites is 1. The second kappa shape index (κ2) is 8.12. The summed E-state index contributed by atoms with van der Waals surface area (Å²) in [6, 6.07) is 12.4. The number of ether oxygens (including phenoxy) is 1. The Kier molecular flexibility index (Phi) is 5.17. The van der Waals surface area contributed by atoms with Gasteiger partial charge in [0.25, 0.3) is 5.91 Å². The van der Waals surface area contributed by atoms with E-state index in [0.29, 0.717) is 5.41 Å². The summed E-state index contributed by atoms with van der Waals surface area (Å²) in [7, 11) is 0. The summed E-state index contributed by atoms with van der Waals surface area (Å²) in [6.07, 6.45) is 7.32. The maximum atomic E-state index is 13.1. The van der Waals surface area contributed by atoms with Crippen LogP contribution >= 0.6 is 0 Å². The van der Waals surface area contributed by atoms with Gasteiger partial charge in [0.15, 0.2) is 0 Å². The van der Waals surface area contributed by atoms with Crippen molar-refractivity contribution in [3.05, 3.63) is 59.4 Å². The number of H-pyrrole nitrogens is 1. The van der Waals surface area contributed by atoms with Gasteiger partial charge in [-0.3, -0.25) is 9.69 Å². The van der Waals surface area contributed by atoms with Gasteiger partial charge in [0.2, 0.25) is 0 Å². The van der Waals surface area contributed by atoms with Crippen LogP contribution in [0.1, 0.15) is 61.0 Å². The first kappa shape index (κ1) is 21.7. The van der Waals surface area contributed by atoms with Gasteiger partial charge < -0.3 is 14.6 Å². The molecule has 2 aromatic carbocycles. The average Bonchev–Trinajstić information content (AvgIpc) is 3.43. The molecule has 6 rings (SSSR count). The van der Waals surface area contributed by atoms with E-state index >= 15 is 0 Å². The van der Waals surface area contributed by atoms with Crippen molar-refractivity contribution >= 4 is 16.9 Å². The number of hydrogen-bond acceptors (Lipinski definition) is 4. The van der Waals surface area contributed by atoms with Gasteiger partial charge >= 0.3 is 0 Å². The highest BCUT2D eigenvalue weighted by molar-refractivity contribution is 5.97. The molecule has 3 aromatic rings. The fourth-order valence-electron chi connectivity index (χ4n) is 6.17. The Hall–Kier alpha value is -2.86. The molecule has 2 fully saturated rings. The number of likely N-dealkylation sites (tertiary alicyclic amines) is 2. The molecule has 0 unspecified atom stereocenters. The number of fused-ring (bicyclic) bond motifs is 2. The number of piperidine rings is 2. The van der Waals surface area contributed by atoms with E-state index in [-0.39, 0.29) is 11.5 Å². The van der Waals surface area contributed by atoms with E-state index in [1.54, 1.807) is 6.33 Å². The normalized spacial score (nSPS) is 21.5. The first-order chi connectivity index (χ1) is 16.4. The second-order valence-corrected chi connectivity index (χ2v) is 11.1. The van der Waals surface area contributed by atoms with E-state index in [9.17, 15) is 4.79 Å². The molecule has 3 aliphatic rings. The zero-order valence-electron chi connectivity index (χ0n) is 20.3. The quantitative estimate of drug-likeness (QED) is 0.613. The first-order valence-corrected chi connectivity index (χ1v) is 12.6. The van der Waals surface area contributed by atoms with Crippen molar-refractivity contribution < 1.29 is 9.53 Å². The van der Waals surface area contributed by atoms with E-state index < -0.39 is 0 Å². The van der Waals surface area contributed by atoms with Crippen molar-refractivity contribution in [2.75, 3.05) is 26.2 Å². The molecule has 0 saturated carbocycles. The van der Waals surface area contributed by atoms with Crippen molar-refractivity contribution in [1.82, 2.24) is 19.8 Å². The Labute approximate surface area is 201 Å². The third-order valence-corrected chi connectivity index (χ3v) is 8.26. The minimum absolute atomic E-state index is 0.0973. The number of hydrogen-bond donors (Lipinski definition) is 1. The molecule has 1 N–H and O–H groups in total. The largest absolute Gasteiger partial charge is 0.487 e. The lowest BCUT2D eigenvalue weighted by atomic mass is 9.71. The lowest BCUT2D eigenvalue weighted by Gasteiger charge is -2.47. The summed E-state index contributed by atoms with van der Waals surface area (Å²) in [4.78, 5) is 25.1. The number of carbonyl (C=O) groups is 1. The molecule has 0 atom stereocenters. The first-order valence-electron chi connectivity index (χ1n) is 12.6. The molecular weight excluding hydrogens is 424 g/mol. The van der Waals surface area contributed by atoms with Gasteiger partial charge in [-0.1, -0.05) is 18.2 Å². The van der Waals surface area contributed by atoms with Crippen molar-refractivity contribution in [3.63, 3.8) is 0 Å². The highest BCUT2D eigenvalue weighted by Gasteiger charge is 2.39. The minimum Gasteiger partial charge on any atom is -0.487 e. The van der Waals surface area contributed by atoms with E-state index in [2.05, 4.69) is 46.9 Å². The molecule has 0 bridgehead atoms. The molecule has 1 aromatic heterocycles. The number of aromatic amines is 1. The van der Waals surface area contributed by atoms with Gasteiger partial charge in [-0.25, -0.2) is 4.98 Å². The molecule has 1 amide bonds. The van der Waals surface area contributed by atoms with Crippen LogP contribution in [0.3, 0.4) is 0 Å². The number of rotatable bonds is 3. The van der Waals surface area contributed by atoms with Crippen LogP contribution < -0.4 is 4.74 Å². The number of benzene rings is 2. The predicted octanol–water partition coefficient (Wildman–Crippen LogP) is 4.79. The smallest absolute Gasteiger partial charge is 0.253 e. The Morgan fingerprint density at radius 3 is 2.62 bits per heavy atom. The van der Waals surface area contributed by atoms with Gasteiger partial charge in [0.05, 0.1) is 17.4 Å². The molecule has 3 aliphatic heterocycles. The van der Waals surface area contributed by atoms with Gasteiger partial charge in [-0.05, 0) is 81.8 Å². The molecule has 6 heteroatoms. The van der Waals surface area contributed by atoms with Crippen LogP contribution in [0.25, 0.3) is 11.0 Å². The van der Waals surface area contributed by atoms with E-state index in [4.69, 9.17) is 4.74 Å². The summed E-state index contributed by atoms with van der Waals surface area (Å²) in [5, 5.41) is 0. The predicted molar refractivity (Wildman–Crippen MR) is 133 cm³/mol. The lowest BCUT2D eigenvalue weighted by molar-refractivity contribution is 0.0282. The summed E-state index contributed by atoms with van der Waals surface area (Å²) < 4.78 is 6.30. The van der Waals surface area contributed by atoms with Crippen LogP contribution in [0.15, 0.2) is 42.7 Å². The number of amides is 1. The summed E-state index contributed by atoms with van der Waals surface area (Å²) in [5.41, 5.74) is 5.54. The van der Waals surface area contributed by atoms with Crippen LogP contribution in [0.2, 0.25) is 0 Å². The maximum absolute atomic E-state index is 13.1. The molecule has 4 heterocycles. The van der Waals surface area contributed by atoms with Crippen LogP contribution in [0.4, 0.5) is 0 Å². The minimum atomic E-state index is -0.0973. The fraction of sp³-hybridized carbons (Fsp3) is 0.500. The zero-order valence-corrected chi connectivity index (χ0v) is 20.3. The topological polar surface area (TPSA) is 61.5 Å². The van der Waals surface area contributed by atoms with Gasteiger partial charge in [-0.2, -0.15) is 0 Å². The van der Waals surface area contributed by atoms with Crippen molar-refractivity contribution in [2.24, 2.45) is 5.41 Å². The lowest BCUT2D eigenvalue weighted by Crippen LogP contribution is -2.48. The molecular formula is C28H34N4O2. The SMILES string of the molecule is CC1(C)Cc2cccc(CN3CCC4(CC3)CCN(C(=O)c3ccc5nc[nH]c5c3)CC4)c2O1. The van der Waals surface area contributed by atoms with Gasteiger partial charge in [-0.15, -0.1) is 0 Å². The van der Waals surface area contributed by atoms with Crippen LogP contribution in [-0.2, 0) is 13.0 Å². The Morgan fingerprint density at radius 2 is 1.82 bits per heavy atom. The summed E-state index contributed by atoms with van der Waals surface area (Å²) in [5.74, 6) is 1.26. The average molecular weight is 459 g/mol. The zero-order chi connectivity index (χ0) is 23.3. The highest BCUT2D eigenvalue weighted by Crippen LogP contribution is 2.43. The maximum Gasteiger partial charge on any atom is 0.253 e. The standard InChI is InChI=1S/C28H34N4O2/c1-27(2)17-21-4-3-5-22(25(21)34-27)18-31-12-8-28(9-13-31)10-14-32(15-11-28)26(33)20-6-7-23-24(16-20)30-19-29-23/h3-7,16,19H,8-15,17-18H2,1-2H3,(H,29,30). The second-order valence-electron chi connectivity index (χ2n) is 11.1. The number of nitrogens with one attached hydrogen (secondary N) is 1. The van der Waals surface area contributed by atoms with E-state index in [1.807, 2.05) is 23.1 Å². The van der Waals surface area contributed by atoms with Crippen molar-refractivity contribution in [2.45, 2.75) is 58.1 Å². The molecule has 2 saturated heterocycles. The van der Waals surface area contributed by atoms with Gasteiger partial charge in [0, 0.05) is 37.2 Å². The molecule has 34 heavy (non-hydrogen) atoms. The Bertz CT molecular complexity index is 1210. The third-order valence-electron chi connectivity index (χ3n) is 8.26. The van der Waals surface area contributed by atoms with Crippen LogP contribution in [0, 0.1) is 5.41 Å². The van der Waals surface area contributed by atoms with E-state index in [1.165, 1.54) is 24.0 Å². The monoisotopic (exact) mass is 458 g/mol. The van der Waals surface area contributed by atoms with Crippen molar-refractivity contribution in [1.29, 1.82) is 0 Å². The highest BCUT2D eigenvalue weighted by atomic mass is 16.5. The van der Waals surface area contributed by atoms with E-state index in [0.717, 1.165) is 74.3 Å². The van der Waals surface area contributed by atoms with Gasteiger partial charge in [0.1, 0.15) is 11.4 Å². The number of nitrogens with zero attached hydrogens (tertiary/aromatic N) is 3. The number of imidazole rings is 1. The Morgan fingerprint density at radius 1 is 1.06 bits per heavy atom. The van der Waals surface area contributed by atoms with Crippen molar-refractivity contribution in [3.8, 4) is 5.75 Å². The van der Waals surface area contributed by atoms with Crippen LogP contribution in [-0.4, -0.2) is 57.5 Å². The molecule has 6 nitrogen and oxygen atoms in total. The third kappa shape index (κ3) is 3.98. The number of carbonyl (C=O) groups excluding carboxylic acids is 1.